The highest BCUT2D eigenvalue weighted by molar-refractivity contribution is 6.09. The van der Waals surface area contributed by atoms with E-state index >= 15 is 0 Å². The van der Waals surface area contributed by atoms with E-state index in [2.05, 4.69) is 21.3 Å². The van der Waals surface area contributed by atoms with Crippen LogP contribution in [0.2, 0.25) is 0 Å². The number of fused-ring (bicyclic) bond motifs is 2. The Balaban J connectivity index is 1.28. The first-order chi connectivity index (χ1) is 22.1. The number of nitrogens with zero attached hydrogens (tertiary/aromatic N) is 3. The molecular formula is C35H47N7O4. The van der Waals surface area contributed by atoms with Crippen LogP contribution in [0.3, 0.4) is 0 Å². The van der Waals surface area contributed by atoms with Crippen LogP contribution in [0.15, 0.2) is 30.3 Å². The van der Waals surface area contributed by atoms with Crippen LogP contribution in [0.1, 0.15) is 91.0 Å². The predicted molar refractivity (Wildman–Crippen MR) is 179 cm³/mol. The smallest absolute Gasteiger partial charge is 0.272 e. The van der Waals surface area contributed by atoms with Gasteiger partial charge in [-0.3, -0.25) is 14.4 Å². The molecule has 0 radical (unpaired) electrons. The molecule has 3 amide bonds. The minimum absolute atomic E-state index is 0.0288. The van der Waals surface area contributed by atoms with Crippen molar-refractivity contribution < 1.29 is 19.1 Å². The van der Waals surface area contributed by atoms with Crippen LogP contribution < -0.4 is 21.3 Å². The maximum Gasteiger partial charge on any atom is 0.272 e. The molecule has 5 heterocycles. The van der Waals surface area contributed by atoms with E-state index in [0.29, 0.717) is 49.8 Å². The maximum atomic E-state index is 14.0. The minimum Gasteiger partial charge on any atom is -0.386 e. The van der Waals surface area contributed by atoms with E-state index in [0.717, 1.165) is 73.0 Å². The van der Waals surface area contributed by atoms with E-state index < -0.39 is 5.41 Å². The lowest BCUT2D eigenvalue weighted by atomic mass is 9.85. The number of anilines is 2. The van der Waals surface area contributed by atoms with E-state index in [1.165, 1.54) is 0 Å². The van der Waals surface area contributed by atoms with Crippen molar-refractivity contribution in [1.29, 1.82) is 0 Å². The van der Waals surface area contributed by atoms with E-state index in [1.54, 1.807) is 0 Å². The van der Waals surface area contributed by atoms with E-state index in [1.807, 2.05) is 67.6 Å². The Hall–Kier alpha value is -3.96. The molecule has 3 aliphatic rings. The molecule has 2 unspecified atom stereocenters. The van der Waals surface area contributed by atoms with Crippen molar-refractivity contribution in [1.82, 2.24) is 25.1 Å². The number of hydrogen-bond donors (Lipinski definition) is 4. The number of aromatic nitrogens is 2. The molecule has 2 bridgehead atoms. The van der Waals surface area contributed by atoms with Crippen LogP contribution in [0.25, 0.3) is 11.0 Å². The first-order valence-corrected chi connectivity index (χ1v) is 16.7. The van der Waals surface area contributed by atoms with Crippen LogP contribution in [-0.4, -0.2) is 78.1 Å². The number of aryl methyl sites for hydroxylation is 1. The number of morpholine rings is 1. The van der Waals surface area contributed by atoms with E-state index in [-0.39, 0.29) is 29.8 Å². The van der Waals surface area contributed by atoms with Gasteiger partial charge >= 0.3 is 0 Å². The van der Waals surface area contributed by atoms with Crippen molar-refractivity contribution >= 4 is 40.1 Å². The van der Waals surface area contributed by atoms with Crippen LogP contribution >= 0.6 is 0 Å². The van der Waals surface area contributed by atoms with Crippen LogP contribution in [0, 0.1) is 5.41 Å². The third-order valence-corrected chi connectivity index (χ3v) is 9.71. The molecule has 11 nitrogen and oxygen atoms in total. The largest absolute Gasteiger partial charge is 0.386 e. The molecule has 46 heavy (non-hydrogen) atoms. The van der Waals surface area contributed by atoms with Gasteiger partial charge in [0, 0.05) is 55.6 Å². The number of benzene rings is 1. The average Bonchev–Trinajstić information content (AvgIpc) is 3.42. The van der Waals surface area contributed by atoms with Crippen molar-refractivity contribution in [3.05, 3.63) is 52.8 Å². The fraction of sp³-hybridized carbons (Fsp3) is 0.543. The van der Waals surface area contributed by atoms with Gasteiger partial charge in [0.2, 0.25) is 5.91 Å². The topological polar surface area (TPSA) is 130 Å². The fourth-order valence-electron chi connectivity index (χ4n) is 6.82. The van der Waals surface area contributed by atoms with Crippen LogP contribution in [-0.2, 0) is 22.5 Å². The third-order valence-electron chi connectivity index (χ3n) is 9.71. The first kappa shape index (κ1) is 32.0. The summed E-state index contributed by atoms with van der Waals surface area (Å²) in [5.74, 6) is -0.264. The van der Waals surface area contributed by atoms with E-state index in [9.17, 15) is 14.4 Å². The number of rotatable bonds is 5. The SMILES string of the molecule is CNc1cc2c(cc1NC(=O)c1cc3ccc4nc3n1CCCCCCC(C)(C)C(=O)NC4C)C(=O)N(CC1COCCN1)CC2. The summed E-state index contributed by atoms with van der Waals surface area (Å²) in [5, 5.41) is 13.8. The zero-order valence-corrected chi connectivity index (χ0v) is 27.5. The molecule has 6 rings (SSSR count). The number of carbonyl (C=O) groups is 3. The van der Waals surface area contributed by atoms with Gasteiger partial charge in [-0.15, -0.1) is 0 Å². The number of amides is 3. The summed E-state index contributed by atoms with van der Waals surface area (Å²) in [4.78, 5) is 47.6. The Bertz CT molecular complexity index is 1620. The molecule has 2 atom stereocenters. The molecule has 0 saturated carbocycles. The van der Waals surface area contributed by atoms with Gasteiger partial charge in [-0.05, 0) is 62.1 Å². The minimum atomic E-state index is -0.443. The molecular weight excluding hydrogens is 582 g/mol. The molecule has 1 fully saturated rings. The third kappa shape index (κ3) is 6.62. The molecule has 3 aromatic rings. The molecule has 11 heteroatoms. The van der Waals surface area contributed by atoms with Gasteiger partial charge in [-0.25, -0.2) is 4.98 Å². The van der Waals surface area contributed by atoms with Gasteiger partial charge in [0.15, 0.2) is 0 Å². The zero-order chi connectivity index (χ0) is 32.4. The second kappa shape index (κ2) is 13.4. The van der Waals surface area contributed by atoms with Gasteiger partial charge in [-0.1, -0.05) is 33.1 Å². The van der Waals surface area contributed by atoms with E-state index in [4.69, 9.17) is 9.72 Å². The lowest BCUT2D eigenvalue weighted by Gasteiger charge is -2.34. The van der Waals surface area contributed by atoms with Gasteiger partial charge in [0.1, 0.15) is 11.3 Å². The second-order valence-electron chi connectivity index (χ2n) is 13.6. The number of nitrogens with one attached hydrogen (secondary N) is 4. The van der Waals surface area contributed by atoms with Crippen molar-refractivity contribution in [2.75, 3.05) is 50.5 Å². The molecule has 2 aromatic heterocycles. The fourth-order valence-corrected chi connectivity index (χ4v) is 6.82. The standard InChI is InChI=1S/C35H47N7O4/c1-22-27-10-9-24-18-30(42(31(24)39-27)14-8-6-5-7-12-35(2,3)34(45)38-22)32(43)40-29-19-26-23(17-28(29)36-4)11-15-41(33(26)44)20-25-21-46-16-13-37-25/h9-10,17-19,22,25,36-37H,5-8,11-16,20-21H2,1-4H3,(H,38,45)(H,40,43). The Morgan fingerprint density at radius 2 is 1.91 bits per heavy atom. The van der Waals surface area contributed by atoms with Crippen molar-refractivity contribution in [3.63, 3.8) is 0 Å². The number of pyridine rings is 1. The summed E-state index contributed by atoms with van der Waals surface area (Å²) in [7, 11) is 1.82. The van der Waals surface area contributed by atoms with Gasteiger partial charge in [-0.2, -0.15) is 0 Å². The molecule has 1 saturated heterocycles. The normalized spacial score (nSPS) is 22.2. The Morgan fingerprint density at radius 3 is 2.70 bits per heavy atom. The lowest BCUT2D eigenvalue weighted by Crippen LogP contribution is -2.51. The van der Waals surface area contributed by atoms with Crippen LogP contribution in [0.4, 0.5) is 11.4 Å². The molecule has 3 aliphatic heterocycles. The van der Waals surface area contributed by atoms with Gasteiger partial charge in [0.05, 0.1) is 36.3 Å². The zero-order valence-electron chi connectivity index (χ0n) is 27.5. The maximum absolute atomic E-state index is 14.0. The molecule has 246 valence electrons. The number of hydrogen-bond acceptors (Lipinski definition) is 7. The second-order valence-corrected chi connectivity index (χ2v) is 13.6. The summed E-state index contributed by atoms with van der Waals surface area (Å²) in [6, 6.07) is 9.41. The number of ether oxygens (including phenoxy) is 1. The lowest BCUT2D eigenvalue weighted by molar-refractivity contribution is -0.130. The Morgan fingerprint density at radius 1 is 1.09 bits per heavy atom. The van der Waals surface area contributed by atoms with Gasteiger partial charge in [0.25, 0.3) is 11.8 Å². The quantitative estimate of drug-likeness (QED) is 0.328. The first-order valence-electron chi connectivity index (χ1n) is 16.7. The summed E-state index contributed by atoms with van der Waals surface area (Å²) in [6.45, 7) is 9.91. The molecule has 0 spiro atoms. The summed E-state index contributed by atoms with van der Waals surface area (Å²) >= 11 is 0. The van der Waals surface area contributed by atoms with Gasteiger partial charge < -0.3 is 35.5 Å². The highest BCUT2D eigenvalue weighted by Gasteiger charge is 2.31. The molecule has 1 aromatic carbocycles. The Labute approximate surface area is 270 Å². The summed E-state index contributed by atoms with van der Waals surface area (Å²) in [6.07, 6.45) is 5.44. The summed E-state index contributed by atoms with van der Waals surface area (Å²) < 4.78 is 7.60. The Kier molecular flexibility index (Phi) is 9.33. The molecule has 4 N–H and O–H groups in total. The molecule has 0 aliphatic carbocycles. The highest BCUT2D eigenvalue weighted by atomic mass is 16.5. The van der Waals surface area contributed by atoms with Crippen molar-refractivity contribution in [2.45, 2.75) is 77.9 Å². The van der Waals surface area contributed by atoms with Crippen LogP contribution in [0.5, 0.6) is 0 Å². The van der Waals surface area contributed by atoms with Crippen molar-refractivity contribution in [3.8, 4) is 0 Å². The van der Waals surface area contributed by atoms with Crippen molar-refractivity contribution in [2.24, 2.45) is 5.41 Å². The average molecular weight is 630 g/mol. The highest BCUT2D eigenvalue weighted by Crippen LogP contribution is 2.32. The summed E-state index contributed by atoms with van der Waals surface area (Å²) in [5.41, 5.74) is 4.47. The number of carbonyl (C=O) groups excluding carboxylic acids is 3. The predicted octanol–water partition coefficient (Wildman–Crippen LogP) is 4.48. The monoisotopic (exact) mass is 629 g/mol.